The van der Waals surface area contributed by atoms with Gasteiger partial charge in [0.2, 0.25) is 0 Å². The molecule has 0 amide bonds. The van der Waals surface area contributed by atoms with Crippen molar-refractivity contribution in [3.05, 3.63) is 33.0 Å². The number of halogens is 1. The summed E-state index contributed by atoms with van der Waals surface area (Å²) < 4.78 is 2.75. The van der Waals surface area contributed by atoms with Gasteiger partial charge in [-0.1, -0.05) is 24.4 Å². The molecule has 2 fully saturated rings. The van der Waals surface area contributed by atoms with Gasteiger partial charge in [-0.15, -0.1) is 21.5 Å². The second kappa shape index (κ2) is 3.74. The van der Waals surface area contributed by atoms with Gasteiger partial charge in [-0.25, -0.2) is 0 Å². The van der Waals surface area contributed by atoms with Crippen LogP contribution in [0, 0.1) is 0 Å². The van der Waals surface area contributed by atoms with Crippen LogP contribution in [0.15, 0.2) is 12.1 Å². The lowest BCUT2D eigenvalue weighted by molar-refractivity contribution is 0.764. The Morgan fingerprint density at radius 2 is 2.11 bits per heavy atom. The average molecular weight is 298 g/mol. The molecule has 0 unspecified atom stereocenters. The zero-order valence-electron chi connectivity index (χ0n) is 9.64. The lowest BCUT2D eigenvalue weighted by atomic mass is 10.0. The molecule has 0 aliphatic heterocycles. The third-order valence-electron chi connectivity index (χ3n) is 3.83. The quantitative estimate of drug-likeness (QED) is 0.877. The summed E-state index contributed by atoms with van der Waals surface area (Å²) in [5.41, 5.74) is 0.0275. The van der Waals surface area contributed by atoms with E-state index in [4.69, 9.17) is 11.6 Å². The van der Waals surface area contributed by atoms with E-state index in [1.165, 1.54) is 17.7 Å². The van der Waals surface area contributed by atoms with Crippen molar-refractivity contribution in [3.63, 3.8) is 0 Å². The molecule has 0 N–H and O–H groups in total. The summed E-state index contributed by atoms with van der Waals surface area (Å²) in [7, 11) is 0. The highest BCUT2D eigenvalue weighted by atomic mass is 35.5. The first kappa shape index (κ1) is 11.3. The average Bonchev–Trinajstić information content (AvgIpc) is 3.27. The fraction of sp³-hybridized carbons (Fsp3) is 0.500. The van der Waals surface area contributed by atoms with Crippen LogP contribution in [-0.4, -0.2) is 14.2 Å². The van der Waals surface area contributed by atoms with Crippen LogP contribution in [-0.2, 0) is 5.41 Å². The second-order valence-electron chi connectivity index (χ2n) is 5.15. The van der Waals surface area contributed by atoms with E-state index in [9.17, 15) is 0 Å². The van der Waals surface area contributed by atoms with E-state index in [1.807, 2.05) is 10.0 Å². The third-order valence-corrected chi connectivity index (χ3v) is 5.66. The van der Waals surface area contributed by atoms with Crippen LogP contribution in [0.25, 0.3) is 0 Å². The molecule has 0 saturated heterocycles. The Balaban J connectivity index is 1.78. The molecule has 2 aliphatic rings. The van der Waals surface area contributed by atoms with Gasteiger partial charge < -0.3 is 0 Å². The van der Waals surface area contributed by atoms with Gasteiger partial charge in [-0.2, -0.15) is 0 Å². The van der Waals surface area contributed by atoms with Crippen molar-refractivity contribution >= 4 is 35.8 Å². The molecule has 0 atom stereocenters. The molecular formula is C12H12ClN3S2. The number of hydrogen-bond acceptors (Lipinski definition) is 4. The van der Waals surface area contributed by atoms with E-state index in [-0.39, 0.29) is 5.41 Å². The van der Waals surface area contributed by atoms with Crippen molar-refractivity contribution in [2.24, 2.45) is 0 Å². The van der Waals surface area contributed by atoms with Gasteiger partial charge in [0.25, 0.3) is 0 Å². The lowest BCUT2D eigenvalue weighted by Crippen LogP contribution is -2.12. The van der Waals surface area contributed by atoms with Crippen LogP contribution in [0.5, 0.6) is 0 Å². The molecule has 6 heteroatoms. The first-order valence-electron chi connectivity index (χ1n) is 6.11. The Morgan fingerprint density at radius 1 is 1.33 bits per heavy atom. The Morgan fingerprint density at radius 3 is 2.67 bits per heavy atom. The molecule has 2 aliphatic carbocycles. The Labute approximate surface area is 120 Å². The SMILES string of the molecule is Sn1c(C2CC2)nnc1C1(c2ccc(Cl)s2)CC1. The van der Waals surface area contributed by atoms with Crippen LogP contribution in [0.3, 0.4) is 0 Å². The molecule has 2 aromatic rings. The number of rotatable bonds is 3. The molecule has 3 nitrogen and oxygen atoms in total. The maximum atomic E-state index is 6.04. The standard InChI is InChI=1S/C12H12ClN3S2/c13-9-4-3-8(18-9)12(5-6-12)11-15-14-10(16(11)17)7-1-2-7/h3-4,7,17H,1-2,5-6H2. The van der Waals surface area contributed by atoms with Crippen molar-refractivity contribution < 1.29 is 0 Å². The maximum Gasteiger partial charge on any atom is 0.154 e. The van der Waals surface area contributed by atoms with Crippen molar-refractivity contribution in [1.29, 1.82) is 0 Å². The highest BCUT2D eigenvalue weighted by molar-refractivity contribution is 7.78. The number of hydrogen-bond donors (Lipinski definition) is 1. The van der Waals surface area contributed by atoms with Crippen LogP contribution < -0.4 is 0 Å². The minimum absolute atomic E-state index is 0.0275. The minimum atomic E-state index is 0.0275. The summed E-state index contributed by atoms with van der Waals surface area (Å²) in [6.45, 7) is 0. The minimum Gasteiger partial charge on any atom is -0.257 e. The maximum absolute atomic E-state index is 6.04. The predicted octanol–water partition coefficient (Wildman–Crippen LogP) is 3.64. The fourth-order valence-electron chi connectivity index (χ4n) is 2.46. The van der Waals surface area contributed by atoms with Crippen LogP contribution in [0.2, 0.25) is 4.34 Å². The molecule has 18 heavy (non-hydrogen) atoms. The van der Waals surface area contributed by atoms with Crippen LogP contribution in [0.1, 0.15) is 48.1 Å². The number of thiophene rings is 1. The fourth-order valence-corrected chi connectivity index (χ4v) is 4.18. The van der Waals surface area contributed by atoms with Crippen LogP contribution >= 0.6 is 35.8 Å². The monoisotopic (exact) mass is 297 g/mol. The van der Waals surface area contributed by atoms with Gasteiger partial charge in [-0.3, -0.25) is 3.97 Å². The summed E-state index contributed by atoms with van der Waals surface area (Å²) in [6, 6.07) is 4.07. The number of aromatic nitrogens is 3. The summed E-state index contributed by atoms with van der Waals surface area (Å²) in [6.07, 6.45) is 4.67. The third kappa shape index (κ3) is 1.57. The van der Waals surface area contributed by atoms with Gasteiger partial charge in [0, 0.05) is 10.8 Å². The van der Waals surface area contributed by atoms with Gasteiger partial charge in [0.15, 0.2) is 5.82 Å². The van der Waals surface area contributed by atoms with Gasteiger partial charge in [0.05, 0.1) is 9.75 Å². The second-order valence-corrected chi connectivity index (χ2v) is 7.27. The zero-order chi connectivity index (χ0) is 12.3. The number of thiol groups is 1. The van der Waals surface area contributed by atoms with E-state index < -0.39 is 0 Å². The first-order chi connectivity index (χ1) is 8.71. The molecule has 4 rings (SSSR count). The summed E-state index contributed by atoms with van der Waals surface area (Å²) in [5, 5.41) is 8.72. The van der Waals surface area contributed by atoms with Crippen molar-refractivity contribution in [1.82, 2.24) is 14.2 Å². The molecule has 2 saturated carbocycles. The number of nitrogens with zero attached hydrogens (tertiary/aromatic N) is 3. The van der Waals surface area contributed by atoms with Crippen molar-refractivity contribution in [2.45, 2.75) is 37.0 Å². The first-order valence-corrected chi connectivity index (χ1v) is 7.71. The van der Waals surface area contributed by atoms with Crippen molar-refractivity contribution in [3.8, 4) is 0 Å². The van der Waals surface area contributed by atoms with Gasteiger partial charge in [0.1, 0.15) is 5.82 Å². The molecule has 0 bridgehead atoms. The molecule has 2 aromatic heterocycles. The van der Waals surface area contributed by atoms with E-state index >= 15 is 0 Å². The lowest BCUT2D eigenvalue weighted by Gasteiger charge is -2.11. The zero-order valence-corrected chi connectivity index (χ0v) is 12.1. The summed E-state index contributed by atoms with van der Waals surface area (Å²) >= 11 is 12.3. The largest absolute Gasteiger partial charge is 0.257 e. The van der Waals surface area contributed by atoms with Crippen molar-refractivity contribution in [2.75, 3.05) is 0 Å². The highest BCUT2D eigenvalue weighted by Crippen LogP contribution is 2.56. The molecule has 0 spiro atoms. The predicted molar refractivity (Wildman–Crippen MR) is 75.7 cm³/mol. The van der Waals surface area contributed by atoms with E-state index in [0.29, 0.717) is 5.92 Å². The molecule has 0 aromatic carbocycles. The molecule has 2 heterocycles. The topological polar surface area (TPSA) is 30.7 Å². The van der Waals surface area contributed by atoms with Gasteiger partial charge >= 0.3 is 0 Å². The molecule has 0 radical (unpaired) electrons. The van der Waals surface area contributed by atoms with E-state index in [1.54, 1.807) is 11.3 Å². The Kier molecular flexibility index (Phi) is 2.35. The summed E-state index contributed by atoms with van der Waals surface area (Å²) in [4.78, 5) is 1.29. The molecule has 94 valence electrons. The summed E-state index contributed by atoms with van der Waals surface area (Å²) in [5.74, 6) is 2.60. The van der Waals surface area contributed by atoms with E-state index in [2.05, 4.69) is 29.1 Å². The highest BCUT2D eigenvalue weighted by Gasteiger charge is 2.51. The van der Waals surface area contributed by atoms with Crippen LogP contribution in [0.4, 0.5) is 0 Å². The van der Waals surface area contributed by atoms with E-state index in [0.717, 1.165) is 28.8 Å². The Hall–Kier alpha value is -0.520. The molecular weight excluding hydrogens is 286 g/mol. The Bertz CT molecular complexity index is 611. The van der Waals surface area contributed by atoms with Gasteiger partial charge in [-0.05, 0) is 37.8 Å². The smallest absolute Gasteiger partial charge is 0.154 e. The normalized spacial score (nSPS) is 21.2.